The maximum absolute atomic E-state index is 13.1. The Morgan fingerprint density at radius 1 is 1.25 bits per heavy atom. The molecule has 3 heterocycles. The van der Waals surface area contributed by atoms with Gasteiger partial charge in [-0.05, 0) is 49.6 Å². The van der Waals surface area contributed by atoms with E-state index in [1.165, 1.54) is 23.5 Å². The number of aromatic nitrogens is 2. The van der Waals surface area contributed by atoms with Crippen LogP contribution in [0.2, 0.25) is 0 Å². The highest BCUT2D eigenvalue weighted by molar-refractivity contribution is 7.13. The lowest BCUT2D eigenvalue weighted by atomic mass is 10.1. The third-order valence-electron chi connectivity index (χ3n) is 4.81. The molecule has 0 spiro atoms. The Hall–Kier alpha value is -2.80. The van der Waals surface area contributed by atoms with Crippen molar-refractivity contribution in [2.24, 2.45) is 0 Å². The number of thiazole rings is 1. The third-order valence-corrected chi connectivity index (χ3v) is 5.68. The fourth-order valence-electron chi connectivity index (χ4n) is 3.48. The molecule has 7 heteroatoms. The van der Waals surface area contributed by atoms with Gasteiger partial charge >= 0.3 is 0 Å². The van der Waals surface area contributed by atoms with Crippen LogP contribution < -0.4 is 5.32 Å². The van der Waals surface area contributed by atoms with Crippen LogP contribution in [0.15, 0.2) is 47.8 Å². The quantitative estimate of drug-likeness (QED) is 0.683. The summed E-state index contributed by atoms with van der Waals surface area (Å²) < 4.78 is 13.1. The van der Waals surface area contributed by atoms with Crippen molar-refractivity contribution in [3.05, 3.63) is 70.6 Å². The first-order chi connectivity index (χ1) is 13.6. The SMILES string of the molecule is Cc1csc(Nc2cccc(C3CCCN3C(=O)Cc3ccc(F)cc3)n2)n1. The predicted octanol–water partition coefficient (Wildman–Crippen LogP) is 4.64. The van der Waals surface area contributed by atoms with Gasteiger partial charge in [0.2, 0.25) is 5.91 Å². The molecule has 4 rings (SSSR count). The lowest BCUT2D eigenvalue weighted by Gasteiger charge is -2.25. The third kappa shape index (κ3) is 4.20. The Labute approximate surface area is 167 Å². The molecule has 1 aliphatic heterocycles. The van der Waals surface area contributed by atoms with Crippen LogP contribution in [0.25, 0.3) is 0 Å². The van der Waals surface area contributed by atoms with Gasteiger partial charge in [-0.2, -0.15) is 0 Å². The number of hydrogen-bond donors (Lipinski definition) is 1. The van der Waals surface area contributed by atoms with Gasteiger partial charge in [0.15, 0.2) is 5.13 Å². The molecular weight excluding hydrogens is 375 g/mol. The molecule has 5 nitrogen and oxygen atoms in total. The van der Waals surface area contributed by atoms with Crippen LogP contribution in [0.5, 0.6) is 0 Å². The van der Waals surface area contributed by atoms with E-state index in [1.807, 2.05) is 35.4 Å². The van der Waals surface area contributed by atoms with Crippen molar-refractivity contribution in [2.45, 2.75) is 32.2 Å². The minimum atomic E-state index is -0.292. The molecule has 1 N–H and O–H groups in total. The zero-order valence-corrected chi connectivity index (χ0v) is 16.4. The molecule has 1 saturated heterocycles. The van der Waals surface area contributed by atoms with Gasteiger partial charge < -0.3 is 10.2 Å². The lowest BCUT2D eigenvalue weighted by molar-refractivity contribution is -0.131. The normalized spacial score (nSPS) is 16.4. The molecule has 0 radical (unpaired) electrons. The second-order valence-electron chi connectivity index (χ2n) is 6.92. The summed E-state index contributed by atoms with van der Waals surface area (Å²) in [7, 11) is 0. The molecule has 1 unspecified atom stereocenters. The number of rotatable bonds is 5. The van der Waals surface area contributed by atoms with Crippen LogP contribution in [0, 0.1) is 12.7 Å². The molecular formula is C21H21FN4OS. The number of nitrogens with one attached hydrogen (secondary N) is 1. The maximum atomic E-state index is 13.1. The molecule has 28 heavy (non-hydrogen) atoms. The summed E-state index contributed by atoms with van der Waals surface area (Å²) in [5.41, 5.74) is 2.67. The van der Waals surface area contributed by atoms with Crippen LogP contribution in [-0.4, -0.2) is 27.3 Å². The number of likely N-dealkylation sites (tertiary alicyclic amines) is 1. The zero-order chi connectivity index (χ0) is 19.5. The number of benzene rings is 1. The second kappa shape index (κ2) is 8.06. The minimum Gasteiger partial charge on any atom is -0.334 e. The lowest BCUT2D eigenvalue weighted by Crippen LogP contribution is -2.32. The maximum Gasteiger partial charge on any atom is 0.227 e. The average molecular weight is 396 g/mol. The summed E-state index contributed by atoms with van der Waals surface area (Å²) in [5.74, 6) is 0.480. The van der Waals surface area contributed by atoms with E-state index < -0.39 is 0 Å². The average Bonchev–Trinajstić information content (AvgIpc) is 3.33. The Bertz CT molecular complexity index is 973. The van der Waals surface area contributed by atoms with Crippen molar-refractivity contribution < 1.29 is 9.18 Å². The van der Waals surface area contributed by atoms with Gasteiger partial charge in [0.25, 0.3) is 0 Å². The van der Waals surface area contributed by atoms with E-state index in [0.29, 0.717) is 0 Å². The van der Waals surface area contributed by atoms with E-state index in [1.54, 1.807) is 12.1 Å². The van der Waals surface area contributed by atoms with Crippen LogP contribution in [0.1, 0.15) is 35.8 Å². The van der Waals surface area contributed by atoms with E-state index >= 15 is 0 Å². The highest BCUT2D eigenvalue weighted by atomic mass is 32.1. The van der Waals surface area contributed by atoms with E-state index in [2.05, 4.69) is 10.3 Å². The van der Waals surface area contributed by atoms with Gasteiger partial charge in [0.1, 0.15) is 11.6 Å². The molecule has 0 bridgehead atoms. The standard InChI is InChI=1S/C21H21FN4OS/c1-14-13-28-21(23-14)25-19-6-2-4-17(24-19)18-5-3-11-26(18)20(27)12-15-7-9-16(22)10-8-15/h2,4,6-10,13,18H,3,5,11-12H2,1H3,(H,23,24,25). The summed E-state index contributed by atoms with van der Waals surface area (Å²) in [6.07, 6.45) is 2.11. The molecule has 3 aromatic rings. The number of amides is 1. The number of nitrogens with zero attached hydrogens (tertiary/aromatic N) is 3. The Kier molecular flexibility index (Phi) is 5.34. The first-order valence-electron chi connectivity index (χ1n) is 9.28. The highest BCUT2D eigenvalue weighted by Gasteiger charge is 2.30. The largest absolute Gasteiger partial charge is 0.334 e. The first-order valence-corrected chi connectivity index (χ1v) is 10.2. The Morgan fingerprint density at radius 2 is 2.07 bits per heavy atom. The number of halogens is 1. The summed E-state index contributed by atoms with van der Waals surface area (Å²) in [4.78, 5) is 23.9. The van der Waals surface area contributed by atoms with Crippen LogP contribution in [0.4, 0.5) is 15.3 Å². The van der Waals surface area contributed by atoms with E-state index in [9.17, 15) is 9.18 Å². The molecule has 1 fully saturated rings. The Balaban J connectivity index is 1.48. The summed E-state index contributed by atoms with van der Waals surface area (Å²) in [6, 6.07) is 11.9. The Morgan fingerprint density at radius 3 is 2.82 bits per heavy atom. The number of pyridine rings is 1. The molecule has 1 aromatic carbocycles. The van der Waals surface area contributed by atoms with Crippen LogP contribution >= 0.6 is 11.3 Å². The van der Waals surface area contributed by atoms with Crippen molar-refractivity contribution >= 4 is 28.2 Å². The number of carbonyl (C=O) groups excluding carboxylic acids is 1. The number of anilines is 2. The highest BCUT2D eigenvalue weighted by Crippen LogP contribution is 2.32. The van der Waals surface area contributed by atoms with Crippen molar-refractivity contribution in [2.75, 3.05) is 11.9 Å². The monoisotopic (exact) mass is 396 g/mol. The van der Waals surface area contributed by atoms with Gasteiger partial charge in [-0.3, -0.25) is 4.79 Å². The van der Waals surface area contributed by atoms with Gasteiger partial charge in [-0.25, -0.2) is 14.4 Å². The fourth-order valence-corrected chi connectivity index (χ4v) is 4.17. The van der Waals surface area contributed by atoms with E-state index in [4.69, 9.17) is 4.98 Å². The fraction of sp³-hybridized carbons (Fsp3) is 0.286. The topological polar surface area (TPSA) is 58.1 Å². The van der Waals surface area contributed by atoms with Gasteiger partial charge in [0.05, 0.1) is 23.9 Å². The molecule has 0 saturated carbocycles. The van der Waals surface area contributed by atoms with Crippen molar-refractivity contribution in [3.63, 3.8) is 0 Å². The summed E-state index contributed by atoms with van der Waals surface area (Å²) >= 11 is 1.54. The molecule has 1 aliphatic rings. The number of hydrogen-bond acceptors (Lipinski definition) is 5. The second-order valence-corrected chi connectivity index (χ2v) is 7.77. The van der Waals surface area contributed by atoms with Crippen LogP contribution in [0.3, 0.4) is 0 Å². The number of aryl methyl sites for hydroxylation is 1. The summed E-state index contributed by atoms with van der Waals surface area (Å²) in [6.45, 7) is 2.67. The van der Waals surface area contributed by atoms with Crippen molar-refractivity contribution in [3.8, 4) is 0 Å². The van der Waals surface area contributed by atoms with Crippen LogP contribution in [-0.2, 0) is 11.2 Å². The molecule has 0 aliphatic carbocycles. The number of carbonyl (C=O) groups is 1. The predicted molar refractivity (Wildman–Crippen MR) is 108 cm³/mol. The van der Waals surface area contributed by atoms with Gasteiger partial charge in [0, 0.05) is 11.9 Å². The molecule has 1 atom stereocenters. The first kappa shape index (κ1) is 18.6. The summed E-state index contributed by atoms with van der Waals surface area (Å²) in [5, 5.41) is 6.02. The van der Waals surface area contributed by atoms with Gasteiger partial charge in [-0.1, -0.05) is 18.2 Å². The van der Waals surface area contributed by atoms with E-state index in [0.717, 1.165) is 47.3 Å². The van der Waals surface area contributed by atoms with E-state index in [-0.39, 0.29) is 24.2 Å². The van der Waals surface area contributed by atoms with Crippen molar-refractivity contribution in [1.82, 2.24) is 14.9 Å². The minimum absolute atomic E-state index is 0.0345. The molecule has 144 valence electrons. The molecule has 2 aromatic heterocycles. The smallest absolute Gasteiger partial charge is 0.227 e. The molecule has 1 amide bonds. The zero-order valence-electron chi connectivity index (χ0n) is 15.6. The van der Waals surface area contributed by atoms with Crippen molar-refractivity contribution in [1.29, 1.82) is 0 Å². The van der Waals surface area contributed by atoms with Gasteiger partial charge in [-0.15, -0.1) is 11.3 Å².